The molecule has 0 radical (unpaired) electrons. The van der Waals surface area contributed by atoms with Crippen LogP contribution in [0.2, 0.25) is 0 Å². The van der Waals surface area contributed by atoms with E-state index in [1.807, 2.05) is 0 Å². The maximum Gasteiger partial charge on any atom is 0.257 e. The summed E-state index contributed by atoms with van der Waals surface area (Å²) in [5, 5.41) is 2.45. The van der Waals surface area contributed by atoms with Crippen LogP contribution in [0.1, 0.15) is 0 Å². The molecule has 1 aromatic carbocycles. The monoisotopic (exact) mass is 272 g/mol. The van der Waals surface area contributed by atoms with Crippen molar-refractivity contribution in [1.82, 2.24) is 5.32 Å². The first-order valence-electron chi connectivity index (χ1n) is 5.29. The molecule has 18 heavy (non-hydrogen) atoms. The molecule has 0 aliphatic heterocycles. The largest absolute Gasteiger partial charge is 0.484 e. The lowest BCUT2D eigenvalue weighted by Crippen LogP contribution is -2.32. The highest BCUT2D eigenvalue weighted by Gasteiger charge is 2.05. The Morgan fingerprint density at radius 3 is 2.50 bits per heavy atom. The van der Waals surface area contributed by atoms with E-state index in [4.69, 9.17) is 10.5 Å². The van der Waals surface area contributed by atoms with Crippen LogP contribution in [0.25, 0.3) is 0 Å². The van der Waals surface area contributed by atoms with Gasteiger partial charge in [-0.15, -0.1) is 0 Å². The number of carbonyl (C=O) groups is 1. The molecule has 0 aliphatic carbocycles. The summed E-state index contributed by atoms with van der Waals surface area (Å²) in [6.07, 6.45) is 1.12. The zero-order valence-corrected chi connectivity index (χ0v) is 10.9. The molecule has 0 aliphatic rings. The van der Waals surface area contributed by atoms with Gasteiger partial charge in [0.25, 0.3) is 5.91 Å². The van der Waals surface area contributed by atoms with Crippen molar-refractivity contribution in [1.29, 1.82) is 0 Å². The molecule has 0 spiro atoms. The van der Waals surface area contributed by atoms with Crippen molar-refractivity contribution in [2.24, 2.45) is 0 Å². The van der Waals surface area contributed by atoms with Gasteiger partial charge in [-0.1, -0.05) is 0 Å². The Morgan fingerprint density at radius 1 is 1.33 bits per heavy atom. The van der Waals surface area contributed by atoms with E-state index in [-0.39, 0.29) is 24.8 Å². The summed E-state index contributed by atoms with van der Waals surface area (Å²) in [6, 6.07) is 6.63. The number of rotatable bonds is 6. The Hall–Kier alpha value is -1.76. The number of carbonyl (C=O) groups excluding carboxylic acids is 1. The quantitative estimate of drug-likeness (QED) is 0.699. The predicted octanol–water partition coefficient (Wildman–Crippen LogP) is -0.192. The predicted molar refractivity (Wildman–Crippen MR) is 69.1 cm³/mol. The molecule has 0 aromatic heterocycles. The maximum atomic E-state index is 11.3. The summed E-state index contributed by atoms with van der Waals surface area (Å²) in [5.41, 5.74) is 6.11. The molecule has 1 rings (SSSR count). The molecule has 7 heteroatoms. The third-order valence-corrected chi connectivity index (χ3v) is 2.99. The Bertz CT molecular complexity index is 496. The van der Waals surface area contributed by atoms with Gasteiger partial charge in [0.05, 0.1) is 5.75 Å². The zero-order chi connectivity index (χ0) is 13.6. The molecule has 1 aromatic rings. The summed E-state index contributed by atoms with van der Waals surface area (Å²) < 4.78 is 26.8. The highest BCUT2D eigenvalue weighted by atomic mass is 32.2. The lowest BCUT2D eigenvalue weighted by molar-refractivity contribution is -0.122. The van der Waals surface area contributed by atoms with Crippen molar-refractivity contribution < 1.29 is 17.9 Å². The molecular formula is C11H16N2O4S. The number of anilines is 1. The molecule has 6 nitrogen and oxygen atoms in total. The summed E-state index contributed by atoms with van der Waals surface area (Å²) in [5.74, 6) is 0.0820. The SMILES string of the molecule is CS(=O)(=O)CCNC(=O)COc1ccc(N)cc1. The molecular weight excluding hydrogens is 256 g/mol. The summed E-state index contributed by atoms with van der Waals surface area (Å²) in [4.78, 5) is 11.3. The van der Waals surface area contributed by atoms with E-state index in [1.54, 1.807) is 24.3 Å². The Kier molecular flexibility index (Phi) is 4.96. The van der Waals surface area contributed by atoms with Gasteiger partial charge in [-0.25, -0.2) is 8.42 Å². The third-order valence-electron chi connectivity index (χ3n) is 2.05. The number of nitrogens with one attached hydrogen (secondary N) is 1. The van der Waals surface area contributed by atoms with Crippen LogP contribution in [-0.2, 0) is 14.6 Å². The van der Waals surface area contributed by atoms with Gasteiger partial charge in [-0.2, -0.15) is 0 Å². The number of sulfone groups is 1. The standard InChI is InChI=1S/C11H16N2O4S/c1-18(15,16)7-6-13-11(14)8-17-10-4-2-9(12)3-5-10/h2-5H,6-8,12H2,1H3,(H,13,14). The van der Waals surface area contributed by atoms with E-state index < -0.39 is 9.84 Å². The first kappa shape index (κ1) is 14.3. The van der Waals surface area contributed by atoms with Crippen LogP contribution in [0.5, 0.6) is 5.75 Å². The van der Waals surface area contributed by atoms with Crippen molar-refractivity contribution in [3.05, 3.63) is 24.3 Å². The van der Waals surface area contributed by atoms with Gasteiger partial charge in [-0.3, -0.25) is 4.79 Å². The van der Waals surface area contributed by atoms with Crippen molar-refractivity contribution in [3.63, 3.8) is 0 Å². The second-order valence-corrected chi connectivity index (χ2v) is 6.10. The number of hydrogen-bond donors (Lipinski definition) is 2. The van der Waals surface area contributed by atoms with Gasteiger partial charge in [0, 0.05) is 18.5 Å². The first-order valence-corrected chi connectivity index (χ1v) is 7.35. The molecule has 0 bridgehead atoms. The summed E-state index contributed by atoms with van der Waals surface area (Å²) in [7, 11) is -3.06. The van der Waals surface area contributed by atoms with E-state index in [1.165, 1.54) is 0 Å². The second-order valence-electron chi connectivity index (χ2n) is 3.84. The molecule has 0 unspecified atom stereocenters. The van der Waals surface area contributed by atoms with E-state index in [2.05, 4.69) is 5.32 Å². The van der Waals surface area contributed by atoms with Crippen LogP contribution in [-0.4, -0.2) is 39.5 Å². The van der Waals surface area contributed by atoms with Gasteiger partial charge < -0.3 is 15.8 Å². The fraction of sp³-hybridized carbons (Fsp3) is 0.364. The fourth-order valence-corrected chi connectivity index (χ4v) is 1.61. The van der Waals surface area contributed by atoms with E-state index in [0.29, 0.717) is 11.4 Å². The Labute approximate surface area is 106 Å². The smallest absolute Gasteiger partial charge is 0.257 e. The minimum Gasteiger partial charge on any atom is -0.484 e. The number of nitrogens with two attached hydrogens (primary N) is 1. The second kappa shape index (κ2) is 6.25. The highest BCUT2D eigenvalue weighted by Crippen LogP contribution is 2.12. The summed E-state index contributed by atoms with van der Waals surface area (Å²) >= 11 is 0. The molecule has 100 valence electrons. The average molecular weight is 272 g/mol. The van der Waals surface area contributed by atoms with Gasteiger partial charge in [0.1, 0.15) is 15.6 Å². The van der Waals surface area contributed by atoms with Crippen LogP contribution < -0.4 is 15.8 Å². The van der Waals surface area contributed by atoms with Crippen molar-refractivity contribution in [2.75, 3.05) is 30.9 Å². The van der Waals surface area contributed by atoms with Crippen LogP contribution >= 0.6 is 0 Å². The van der Waals surface area contributed by atoms with Crippen molar-refractivity contribution in [2.45, 2.75) is 0 Å². The number of benzene rings is 1. The molecule has 0 saturated carbocycles. The summed E-state index contributed by atoms with van der Waals surface area (Å²) in [6.45, 7) is -0.0730. The van der Waals surface area contributed by atoms with Crippen LogP contribution in [0.4, 0.5) is 5.69 Å². The fourth-order valence-electron chi connectivity index (χ4n) is 1.14. The Balaban J connectivity index is 2.27. The normalized spacial score (nSPS) is 10.9. The van der Waals surface area contributed by atoms with Crippen LogP contribution in [0.3, 0.4) is 0 Å². The third kappa shape index (κ3) is 6.09. The number of nitrogen functional groups attached to an aromatic ring is 1. The average Bonchev–Trinajstić information content (AvgIpc) is 2.26. The maximum absolute atomic E-state index is 11.3. The minimum absolute atomic E-state index is 0.0827. The molecule has 0 heterocycles. The van der Waals surface area contributed by atoms with Gasteiger partial charge in [-0.05, 0) is 24.3 Å². The van der Waals surface area contributed by atoms with E-state index in [0.717, 1.165) is 6.26 Å². The van der Waals surface area contributed by atoms with E-state index in [9.17, 15) is 13.2 Å². The van der Waals surface area contributed by atoms with Crippen LogP contribution in [0.15, 0.2) is 24.3 Å². The number of hydrogen-bond acceptors (Lipinski definition) is 5. The van der Waals surface area contributed by atoms with E-state index >= 15 is 0 Å². The lowest BCUT2D eigenvalue weighted by atomic mass is 10.3. The molecule has 0 saturated heterocycles. The zero-order valence-electron chi connectivity index (χ0n) is 10.0. The Morgan fingerprint density at radius 2 is 1.94 bits per heavy atom. The van der Waals surface area contributed by atoms with Gasteiger partial charge >= 0.3 is 0 Å². The van der Waals surface area contributed by atoms with Gasteiger partial charge in [0.15, 0.2) is 6.61 Å². The van der Waals surface area contributed by atoms with Crippen molar-refractivity contribution >= 4 is 21.4 Å². The highest BCUT2D eigenvalue weighted by molar-refractivity contribution is 7.90. The molecule has 0 fully saturated rings. The molecule has 1 amide bonds. The first-order chi connectivity index (χ1) is 8.37. The van der Waals surface area contributed by atoms with Crippen LogP contribution in [0, 0.1) is 0 Å². The van der Waals surface area contributed by atoms with Crippen molar-refractivity contribution in [3.8, 4) is 5.75 Å². The molecule has 0 atom stereocenters. The molecule has 3 N–H and O–H groups in total. The lowest BCUT2D eigenvalue weighted by Gasteiger charge is -2.07. The number of amides is 1. The number of ether oxygens (including phenoxy) is 1. The minimum atomic E-state index is -3.06. The topological polar surface area (TPSA) is 98.5 Å². The van der Waals surface area contributed by atoms with Gasteiger partial charge in [0.2, 0.25) is 0 Å².